The van der Waals surface area contributed by atoms with Gasteiger partial charge in [-0.25, -0.2) is 0 Å². The summed E-state index contributed by atoms with van der Waals surface area (Å²) in [6.07, 6.45) is -48.7. The number of nitrogens with zero attached hydrogens (tertiary/aromatic N) is 1. The largest absolute Gasteiger partial charge is 0.463 e. The van der Waals surface area contributed by atoms with Gasteiger partial charge in [-0.1, -0.05) is 12.1 Å². The van der Waals surface area contributed by atoms with Crippen LogP contribution in [0.5, 0.6) is 0 Å². The highest BCUT2D eigenvalue weighted by molar-refractivity contribution is 6.21. The number of imide groups is 1. The molecule has 0 aliphatic carbocycles. The first-order chi connectivity index (χ1) is 50.1. The molecule has 104 heavy (non-hydrogen) atoms. The molecule has 1 aromatic carbocycles. The van der Waals surface area contributed by atoms with Gasteiger partial charge in [0.05, 0.1) is 50.7 Å². The summed E-state index contributed by atoms with van der Waals surface area (Å²) in [5.41, 5.74) is 0.161. The maximum atomic E-state index is 14.2. The zero-order valence-electron chi connectivity index (χ0n) is 60.2. The topological polar surface area (TPSA) is 466 Å². The Morgan fingerprint density at radius 2 is 0.654 bits per heavy atom. The Kier molecular flexibility index (Phi) is 31.6. The Labute approximate surface area is 600 Å². The number of aliphatic hydroxyl groups is 8. The van der Waals surface area contributed by atoms with Crippen molar-refractivity contribution in [3.05, 3.63) is 35.4 Å². The second kappa shape index (κ2) is 38.9. The summed E-state index contributed by atoms with van der Waals surface area (Å²) in [7, 11) is 18.1. The average Bonchev–Trinajstić information content (AvgIpc) is 1.06. The van der Waals surface area contributed by atoms with E-state index in [-0.39, 0.29) is 30.9 Å². The number of aliphatic hydroxyl groups excluding tert-OH is 8. The zero-order chi connectivity index (χ0) is 75.5. The molecule has 0 bridgehead atoms. The molecular formula is C65H103NO38. The fourth-order valence-corrected chi connectivity index (χ4v) is 14.7. The van der Waals surface area contributed by atoms with Crippen LogP contribution in [0.4, 0.5) is 0 Å². The Bertz CT molecular complexity index is 2770. The molecule has 0 radical (unpaired) electrons. The van der Waals surface area contributed by atoms with Gasteiger partial charge in [0.25, 0.3) is 11.8 Å². The lowest BCUT2D eigenvalue weighted by molar-refractivity contribution is -0.402. The quantitative estimate of drug-likeness (QED) is 0.0235. The van der Waals surface area contributed by atoms with Crippen LogP contribution < -0.4 is 0 Å². The van der Waals surface area contributed by atoms with E-state index < -0.39 is 259 Å². The van der Waals surface area contributed by atoms with E-state index in [2.05, 4.69) is 0 Å². The van der Waals surface area contributed by atoms with E-state index in [0.29, 0.717) is 0 Å². The van der Waals surface area contributed by atoms with Crippen molar-refractivity contribution in [1.29, 1.82) is 0 Å². The Morgan fingerprint density at radius 1 is 0.346 bits per heavy atom. The van der Waals surface area contributed by atoms with Gasteiger partial charge in [0.15, 0.2) is 44.0 Å². The summed E-state index contributed by atoms with van der Waals surface area (Å²) in [6.45, 7) is -2.06. The summed E-state index contributed by atoms with van der Waals surface area (Å²) in [4.78, 5) is 41.6. The molecule has 8 aliphatic heterocycles. The zero-order valence-corrected chi connectivity index (χ0v) is 60.2. The minimum atomic E-state index is -2.10. The van der Waals surface area contributed by atoms with Gasteiger partial charge in [-0.05, 0) is 12.1 Å². The van der Waals surface area contributed by atoms with Gasteiger partial charge in [0.1, 0.15) is 178 Å². The number of ether oxygens (including phenoxy) is 27. The summed E-state index contributed by atoms with van der Waals surface area (Å²) in [6, 6.07) is 6.11. The van der Waals surface area contributed by atoms with E-state index in [1.54, 1.807) is 12.1 Å². The number of amides is 2. The van der Waals surface area contributed by atoms with E-state index in [1.807, 2.05) is 0 Å². The molecule has 39 nitrogen and oxygen atoms in total. The lowest BCUT2D eigenvalue weighted by atomic mass is 9.94. The highest BCUT2D eigenvalue weighted by Crippen LogP contribution is 2.42. The number of hydrogen-bond acceptors (Lipinski definition) is 38. The van der Waals surface area contributed by atoms with Crippen LogP contribution in [-0.4, -0.2) is 417 Å². The van der Waals surface area contributed by atoms with Crippen LogP contribution in [0.1, 0.15) is 27.6 Å². The summed E-state index contributed by atoms with van der Waals surface area (Å²) < 4.78 is 167. The average molecular weight is 1510 g/mol. The first kappa shape index (κ1) is 84.5. The maximum absolute atomic E-state index is 14.2. The monoisotopic (exact) mass is 1510 g/mol. The molecule has 0 spiro atoms. The van der Waals surface area contributed by atoms with Crippen molar-refractivity contribution in [1.82, 2.24) is 4.90 Å². The van der Waals surface area contributed by atoms with Crippen LogP contribution in [-0.2, 0) is 133 Å². The number of methoxy groups -OCH3 is 13. The van der Waals surface area contributed by atoms with Crippen LogP contribution in [0.3, 0.4) is 0 Å². The lowest BCUT2D eigenvalue weighted by Crippen LogP contribution is -2.69. The summed E-state index contributed by atoms with van der Waals surface area (Å²) in [5.74, 6) is -2.24. The van der Waals surface area contributed by atoms with E-state index in [0.717, 1.165) is 11.8 Å². The van der Waals surface area contributed by atoms with E-state index >= 15 is 0 Å². The summed E-state index contributed by atoms with van der Waals surface area (Å²) >= 11 is 0. The van der Waals surface area contributed by atoms with Crippen LogP contribution in [0.25, 0.3) is 0 Å². The molecule has 14 unspecified atom stereocenters. The molecule has 1 aromatic rings. The second-order valence-electron chi connectivity index (χ2n) is 25.7. The highest BCUT2D eigenvalue weighted by Gasteiger charge is 2.61. The van der Waals surface area contributed by atoms with Gasteiger partial charge in [0, 0.05) is 99.4 Å². The predicted octanol–water partition coefficient (Wildman–Crippen LogP) is -5.90. The standard InChI is InChI=1S/C65H103NO38/c1-26(69)91-25-35-41(99-60-39(73)37(71)36(70)30(20-67)94-60)38(72)40(74)61(95-35)100-42-29(19-66-57(75)27-17-15-16-18-28(27)58(66)76)93-62(53(87-11)48(42)82-6)102-44-32(22-78-2)97-64(55(89-13)49(44)83-7)104-46-34(24-80-4)98-65(56(90-14)51(46)85-9)103-45-33(23-79-3)96-63(54(88-12)50(45)84-8)101-43-31(21-68)92-59(77)52(86-10)47(43)81-5/h15-18,29-56,59-65,67-68,70-74,77H,19-25H2,1-14H3/t29?,30-,31?,32?,33-,34-,35-,36-,37?,38?,39?,40?,41-,42+,43+,44+,45-,46-,47+,48+,49+,50?,51?,52?,53?,54?,55?,56?,59-,60-,61-,62+,63-,64+,65-/m1/s1. The van der Waals surface area contributed by atoms with Gasteiger partial charge >= 0.3 is 5.97 Å². The first-order valence-electron chi connectivity index (χ1n) is 33.7. The fraction of sp³-hybridized carbons (Fsp3) is 0.862. The van der Waals surface area contributed by atoms with E-state index in [1.165, 1.54) is 105 Å². The minimum Gasteiger partial charge on any atom is -0.463 e. The molecule has 7 fully saturated rings. The molecule has 9 rings (SSSR count). The number of esters is 1. The van der Waals surface area contributed by atoms with Crippen LogP contribution in [0.2, 0.25) is 0 Å². The van der Waals surface area contributed by atoms with Crippen molar-refractivity contribution in [2.45, 2.75) is 222 Å². The van der Waals surface area contributed by atoms with E-state index in [9.17, 15) is 55.2 Å². The van der Waals surface area contributed by atoms with Crippen LogP contribution in [0.15, 0.2) is 24.3 Å². The number of carbonyl (C=O) groups is 3. The van der Waals surface area contributed by atoms with Crippen molar-refractivity contribution in [3.8, 4) is 0 Å². The minimum absolute atomic E-state index is 0.0805. The Hall–Kier alpha value is -3.53. The van der Waals surface area contributed by atoms with Gasteiger partial charge in [-0.3, -0.25) is 19.3 Å². The molecule has 39 heteroatoms. The van der Waals surface area contributed by atoms with Crippen LogP contribution in [0, 0.1) is 0 Å². The van der Waals surface area contributed by atoms with Crippen molar-refractivity contribution in [2.24, 2.45) is 0 Å². The third-order valence-electron chi connectivity index (χ3n) is 19.8. The van der Waals surface area contributed by atoms with Crippen LogP contribution >= 0.6 is 0 Å². The predicted molar refractivity (Wildman–Crippen MR) is 338 cm³/mol. The molecule has 35 atom stereocenters. The maximum Gasteiger partial charge on any atom is 0.302 e. The molecule has 0 saturated carbocycles. The number of rotatable bonds is 34. The number of carbonyl (C=O) groups excluding carboxylic acids is 3. The number of benzene rings is 1. The lowest BCUT2D eigenvalue weighted by Gasteiger charge is -2.52. The highest BCUT2D eigenvalue weighted by atomic mass is 16.8. The normalized spacial score (nSPS) is 43.6. The van der Waals surface area contributed by atoms with Gasteiger partial charge < -0.3 is 169 Å². The van der Waals surface area contributed by atoms with Crippen molar-refractivity contribution in [2.75, 3.05) is 139 Å². The second-order valence-corrected chi connectivity index (χ2v) is 25.7. The molecular weight excluding hydrogens is 1400 g/mol. The summed E-state index contributed by atoms with van der Waals surface area (Å²) in [5, 5.41) is 86.8. The molecule has 596 valence electrons. The van der Waals surface area contributed by atoms with Gasteiger partial charge in [-0.15, -0.1) is 0 Å². The molecule has 2 amide bonds. The first-order valence-corrected chi connectivity index (χ1v) is 33.7. The van der Waals surface area contributed by atoms with Crippen molar-refractivity contribution < 1.29 is 183 Å². The SMILES string of the molecule is COCC1O[C@@H](O[C@H]2C(OC)C(OC)[C@@H](O[C@H]3C(OC)C(OC)[C@@H](O[C@H]4C(CO)O[C@@H](O)C(OC)[C@H]4OC)O[C@@H]3COC)O[C@@H]2COC)C(OC)[C@@H](OC)[C@H]1O[C@@H]1OC(CN2C(=O)c3ccccc3C2=O)[C@H](O[C@H]2O[C@H](COC(C)=O)[C@@H](O[C@H]3O[C@H](CO)[C@@H](O)C(O)C3O)C(O)C2O)[C@H](OC)C1OC. The third-order valence-corrected chi connectivity index (χ3v) is 19.8. The molecule has 8 aliphatic rings. The number of hydrogen-bond donors (Lipinski definition) is 8. The van der Waals surface area contributed by atoms with Crippen molar-refractivity contribution >= 4 is 17.8 Å². The fourth-order valence-electron chi connectivity index (χ4n) is 14.7. The van der Waals surface area contributed by atoms with Gasteiger partial charge in [-0.2, -0.15) is 0 Å². The van der Waals surface area contributed by atoms with Gasteiger partial charge in [0.2, 0.25) is 0 Å². The van der Waals surface area contributed by atoms with E-state index in [4.69, 9.17) is 128 Å². The molecule has 8 heterocycles. The molecule has 0 aromatic heterocycles. The van der Waals surface area contributed by atoms with Crippen molar-refractivity contribution in [3.63, 3.8) is 0 Å². The molecule has 7 saturated heterocycles. The molecule has 8 N–H and O–H groups in total. The third kappa shape index (κ3) is 17.8. The number of fused-ring (bicyclic) bond motifs is 1. The Morgan fingerprint density at radius 3 is 1.02 bits per heavy atom. The Balaban J connectivity index is 0.970. The smallest absolute Gasteiger partial charge is 0.302 e.